The Hall–Kier alpha value is -1.23. The van der Waals surface area contributed by atoms with Gasteiger partial charge in [-0.15, -0.1) is 0 Å². The van der Waals surface area contributed by atoms with Gasteiger partial charge in [0.05, 0.1) is 30.0 Å². The Morgan fingerprint density at radius 2 is 2.29 bits per heavy atom. The predicted octanol–water partition coefficient (Wildman–Crippen LogP) is -0.840. The van der Waals surface area contributed by atoms with Crippen LogP contribution >= 0.6 is 11.5 Å². The zero-order chi connectivity index (χ0) is 15.2. The predicted molar refractivity (Wildman–Crippen MR) is 77.4 cm³/mol. The van der Waals surface area contributed by atoms with Gasteiger partial charge in [-0.25, -0.2) is 13.1 Å². The maximum Gasteiger partial charge on any atom is 0.256 e. The van der Waals surface area contributed by atoms with Crippen molar-refractivity contribution in [3.63, 3.8) is 0 Å². The van der Waals surface area contributed by atoms with Crippen molar-refractivity contribution in [2.45, 2.75) is 24.6 Å². The first kappa shape index (κ1) is 14.7. The molecule has 1 amide bonds. The molecule has 0 radical (unpaired) electrons. The van der Waals surface area contributed by atoms with Crippen LogP contribution in [0.25, 0.3) is 0 Å². The van der Waals surface area contributed by atoms with Crippen LogP contribution in [-0.2, 0) is 14.8 Å². The molecule has 1 aliphatic heterocycles. The number of rotatable bonds is 4. The molecule has 1 aromatic heterocycles. The van der Waals surface area contributed by atoms with Gasteiger partial charge in [-0.2, -0.15) is 4.37 Å². The van der Waals surface area contributed by atoms with E-state index in [0.717, 1.165) is 24.2 Å². The van der Waals surface area contributed by atoms with E-state index in [9.17, 15) is 13.2 Å². The number of ether oxygens (including phenoxy) is 1. The van der Waals surface area contributed by atoms with Crippen molar-refractivity contribution in [1.29, 1.82) is 0 Å². The number of fused-ring (bicyclic) bond motifs is 1. The van der Waals surface area contributed by atoms with Gasteiger partial charge in [0.25, 0.3) is 5.91 Å². The van der Waals surface area contributed by atoms with Crippen LogP contribution in [0.2, 0.25) is 0 Å². The molecular weight excluding hydrogens is 316 g/mol. The lowest BCUT2D eigenvalue weighted by Gasteiger charge is -2.47. The van der Waals surface area contributed by atoms with E-state index >= 15 is 0 Å². The molecule has 2 fully saturated rings. The highest BCUT2D eigenvalue weighted by atomic mass is 32.2. The number of nitrogens with zero attached hydrogens (tertiary/aromatic N) is 1. The minimum Gasteiger partial charge on any atom is -0.382 e. The van der Waals surface area contributed by atoms with Gasteiger partial charge in [-0.3, -0.25) is 4.79 Å². The Morgan fingerprint density at radius 3 is 2.90 bits per heavy atom. The lowest BCUT2D eigenvalue weighted by molar-refractivity contribution is -0.0194. The Bertz CT molecular complexity index is 659. The second-order valence-electron chi connectivity index (χ2n) is 5.32. The molecule has 0 spiro atoms. The van der Waals surface area contributed by atoms with Crippen molar-refractivity contribution in [3.8, 4) is 0 Å². The second-order valence-corrected chi connectivity index (χ2v) is 7.73. The average Bonchev–Trinajstić information content (AvgIpc) is 2.99. The Balaban J connectivity index is 1.74. The first-order valence-corrected chi connectivity index (χ1v) is 9.19. The number of carbonyl (C=O) groups is 1. The Kier molecular flexibility index (Phi) is 3.64. The molecule has 1 saturated carbocycles. The lowest BCUT2D eigenvalue weighted by atomic mass is 9.72. The topological polar surface area (TPSA) is 123 Å². The number of amides is 1. The van der Waals surface area contributed by atoms with E-state index in [4.69, 9.17) is 10.5 Å². The van der Waals surface area contributed by atoms with Crippen molar-refractivity contribution in [1.82, 2.24) is 14.4 Å². The standard InChI is InChI=1S/C11H16N4O4S2/c1-21(17,18)15-8-7(5-2-3-19-9(5)8)13-11(16)6-4-20-14-10(6)12/h4-5,7-9,15H,2-3H2,1H3,(H2,12,14)(H,13,16)/t5-,7+,8-,9-/m0/s1. The van der Waals surface area contributed by atoms with Crippen LogP contribution in [0.5, 0.6) is 0 Å². The van der Waals surface area contributed by atoms with Gasteiger partial charge < -0.3 is 15.8 Å². The third-order valence-corrected chi connectivity index (χ3v) is 5.22. The highest BCUT2D eigenvalue weighted by Crippen LogP contribution is 2.39. The zero-order valence-corrected chi connectivity index (χ0v) is 12.9. The van der Waals surface area contributed by atoms with Gasteiger partial charge in [0, 0.05) is 17.9 Å². The number of sulfonamides is 1. The van der Waals surface area contributed by atoms with E-state index in [1.165, 1.54) is 0 Å². The first-order valence-electron chi connectivity index (χ1n) is 6.46. The van der Waals surface area contributed by atoms with Crippen molar-refractivity contribution >= 4 is 33.3 Å². The molecule has 0 bridgehead atoms. The summed E-state index contributed by atoms with van der Waals surface area (Å²) >= 11 is 1.11. The number of hydrogen-bond donors (Lipinski definition) is 3. The fraction of sp³-hybridized carbons (Fsp3) is 0.636. The molecule has 1 aromatic rings. The molecule has 10 heteroatoms. The van der Waals surface area contributed by atoms with Crippen molar-refractivity contribution in [2.75, 3.05) is 18.6 Å². The average molecular weight is 332 g/mol. The van der Waals surface area contributed by atoms with Crippen LogP contribution in [0.15, 0.2) is 5.38 Å². The number of carbonyl (C=O) groups excluding carboxylic acids is 1. The van der Waals surface area contributed by atoms with Crippen LogP contribution in [0.1, 0.15) is 16.8 Å². The van der Waals surface area contributed by atoms with Gasteiger partial charge in [0.15, 0.2) is 0 Å². The molecule has 21 heavy (non-hydrogen) atoms. The summed E-state index contributed by atoms with van der Waals surface area (Å²) < 4.78 is 34.8. The van der Waals surface area contributed by atoms with E-state index in [0.29, 0.717) is 12.2 Å². The van der Waals surface area contributed by atoms with Crippen LogP contribution in [0.3, 0.4) is 0 Å². The maximum absolute atomic E-state index is 12.2. The summed E-state index contributed by atoms with van der Waals surface area (Å²) in [5.41, 5.74) is 5.94. The molecule has 3 rings (SSSR count). The van der Waals surface area contributed by atoms with E-state index < -0.39 is 16.1 Å². The number of aromatic nitrogens is 1. The van der Waals surface area contributed by atoms with Crippen LogP contribution in [-0.4, -0.2) is 49.7 Å². The summed E-state index contributed by atoms with van der Waals surface area (Å²) in [5.74, 6) is -0.0263. The maximum atomic E-state index is 12.2. The second kappa shape index (κ2) is 5.20. The van der Waals surface area contributed by atoms with Crippen LogP contribution in [0.4, 0.5) is 5.82 Å². The third-order valence-electron chi connectivity index (χ3n) is 3.88. The fourth-order valence-corrected chi connectivity index (χ4v) is 4.31. The number of nitrogen functional groups attached to an aromatic ring is 1. The van der Waals surface area contributed by atoms with Crippen LogP contribution < -0.4 is 15.8 Å². The Morgan fingerprint density at radius 1 is 1.52 bits per heavy atom. The Labute approximate surface area is 126 Å². The summed E-state index contributed by atoms with van der Waals surface area (Å²) in [5, 5.41) is 4.42. The summed E-state index contributed by atoms with van der Waals surface area (Å²) in [6.07, 6.45) is 1.71. The molecule has 1 aliphatic carbocycles. The van der Waals surface area contributed by atoms with Crippen LogP contribution in [0, 0.1) is 5.92 Å². The van der Waals surface area contributed by atoms with E-state index in [-0.39, 0.29) is 29.8 Å². The van der Waals surface area contributed by atoms with E-state index in [1.807, 2.05) is 0 Å². The lowest BCUT2D eigenvalue weighted by Crippen LogP contribution is -2.70. The summed E-state index contributed by atoms with van der Waals surface area (Å²) in [7, 11) is -3.37. The van der Waals surface area contributed by atoms with Gasteiger partial charge in [-0.1, -0.05) is 0 Å². The molecule has 2 heterocycles. The molecule has 0 aromatic carbocycles. The summed E-state index contributed by atoms with van der Waals surface area (Å²) in [6, 6.07) is -0.733. The molecular formula is C11H16N4O4S2. The van der Waals surface area contributed by atoms with Gasteiger partial charge in [0.1, 0.15) is 5.82 Å². The largest absolute Gasteiger partial charge is 0.382 e. The van der Waals surface area contributed by atoms with Crippen molar-refractivity contribution in [3.05, 3.63) is 10.9 Å². The summed E-state index contributed by atoms with van der Waals surface area (Å²) in [4.78, 5) is 12.2. The monoisotopic (exact) mass is 332 g/mol. The minimum atomic E-state index is -3.37. The SMILES string of the molecule is CS(=O)(=O)N[C@H]1[C@H](NC(=O)c2csnc2N)[C@@H]2CCO[C@@H]21. The van der Waals surface area contributed by atoms with Gasteiger partial charge in [0.2, 0.25) is 10.0 Å². The van der Waals surface area contributed by atoms with Gasteiger partial charge >= 0.3 is 0 Å². The first-order chi connectivity index (χ1) is 9.87. The number of nitrogens with one attached hydrogen (secondary N) is 2. The normalized spacial score (nSPS) is 31.5. The fourth-order valence-electron chi connectivity index (χ4n) is 2.94. The molecule has 2 aliphatic rings. The zero-order valence-electron chi connectivity index (χ0n) is 11.3. The highest BCUT2D eigenvalue weighted by Gasteiger charge is 2.55. The smallest absolute Gasteiger partial charge is 0.256 e. The highest BCUT2D eigenvalue weighted by molar-refractivity contribution is 7.88. The molecule has 116 valence electrons. The molecule has 0 unspecified atom stereocenters. The number of nitrogens with two attached hydrogens (primary N) is 1. The van der Waals surface area contributed by atoms with Crippen molar-refractivity contribution in [2.24, 2.45) is 5.92 Å². The number of hydrogen-bond acceptors (Lipinski definition) is 7. The molecule has 4 atom stereocenters. The molecule has 4 N–H and O–H groups in total. The van der Waals surface area contributed by atoms with Crippen molar-refractivity contribution < 1.29 is 17.9 Å². The third kappa shape index (κ3) is 2.76. The van der Waals surface area contributed by atoms with E-state index in [2.05, 4.69) is 14.4 Å². The molecule has 8 nitrogen and oxygen atoms in total. The quantitative estimate of drug-likeness (QED) is 0.660. The minimum absolute atomic E-state index is 0.126. The molecule has 1 saturated heterocycles. The van der Waals surface area contributed by atoms with E-state index in [1.54, 1.807) is 5.38 Å². The summed E-state index contributed by atoms with van der Waals surface area (Å²) in [6.45, 7) is 0.575. The van der Waals surface area contributed by atoms with Gasteiger partial charge in [-0.05, 0) is 18.0 Å². The number of anilines is 1.